The summed E-state index contributed by atoms with van der Waals surface area (Å²) in [6, 6.07) is 4.89. The van der Waals surface area contributed by atoms with Gasteiger partial charge in [-0.25, -0.2) is 4.98 Å². The first-order valence-corrected chi connectivity index (χ1v) is 4.98. The smallest absolute Gasteiger partial charge is 0.141 e. The second-order valence-corrected chi connectivity index (χ2v) is 3.89. The molecule has 0 spiro atoms. The molecule has 0 fully saturated rings. The van der Waals surface area contributed by atoms with Gasteiger partial charge in [0.1, 0.15) is 11.6 Å². The van der Waals surface area contributed by atoms with Crippen molar-refractivity contribution in [3.05, 3.63) is 34.6 Å². The summed E-state index contributed by atoms with van der Waals surface area (Å²) in [6.07, 6.45) is 0. The Hall–Kier alpha value is -1.48. The predicted octanol–water partition coefficient (Wildman–Crippen LogP) is 3.05. The van der Waals surface area contributed by atoms with Crippen molar-refractivity contribution in [1.82, 2.24) is 9.97 Å². The van der Waals surface area contributed by atoms with Gasteiger partial charge in [0.2, 0.25) is 0 Å². The molecule has 4 heteroatoms. The highest BCUT2D eigenvalue weighted by Crippen LogP contribution is 2.30. The Balaban J connectivity index is 2.58. The zero-order valence-corrected chi connectivity index (χ0v) is 9.26. The molecule has 1 heterocycles. The van der Waals surface area contributed by atoms with E-state index in [9.17, 15) is 5.11 Å². The SMILES string of the molecule is Cc1nc(-c2cc(Cl)ccc2O)[nH]c1C. The van der Waals surface area contributed by atoms with Crippen molar-refractivity contribution in [1.29, 1.82) is 0 Å². The Morgan fingerprint density at radius 1 is 1.33 bits per heavy atom. The quantitative estimate of drug-likeness (QED) is 0.779. The fourth-order valence-electron chi connectivity index (χ4n) is 1.37. The zero-order chi connectivity index (χ0) is 11.0. The third kappa shape index (κ3) is 1.83. The van der Waals surface area contributed by atoms with Gasteiger partial charge in [0, 0.05) is 10.7 Å². The number of aromatic hydroxyl groups is 1. The molecule has 0 unspecified atom stereocenters. The van der Waals surface area contributed by atoms with Gasteiger partial charge in [-0.05, 0) is 32.0 Å². The van der Waals surface area contributed by atoms with Crippen LogP contribution in [0, 0.1) is 13.8 Å². The first-order valence-electron chi connectivity index (χ1n) is 4.60. The lowest BCUT2D eigenvalue weighted by Gasteiger charge is -2.01. The number of phenolic OH excluding ortho intramolecular Hbond substituents is 1. The number of rotatable bonds is 1. The fourth-order valence-corrected chi connectivity index (χ4v) is 1.55. The molecule has 0 saturated carbocycles. The maximum atomic E-state index is 9.67. The molecule has 3 nitrogen and oxygen atoms in total. The Bertz CT molecular complexity index is 486. The largest absolute Gasteiger partial charge is 0.507 e. The molecule has 1 aromatic carbocycles. The molecule has 0 aliphatic heterocycles. The van der Waals surface area contributed by atoms with Crippen LogP contribution in [0.15, 0.2) is 18.2 Å². The minimum absolute atomic E-state index is 0.174. The lowest BCUT2D eigenvalue weighted by molar-refractivity contribution is 0.477. The highest BCUT2D eigenvalue weighted by molar-refractivity contribution is 6.30. The number of nitrogens with one attached hydrogen (secondary N) is 1. The van der Waals surface area contributed by atoms with E-state index < -0.39 is 0 Å². The molecule has 0 atom stereocenters. The van der Waals surface area contributed by atoms with Gasteiger partial charge in [-0.2, -0.15) is 0 Å². The van der Waals surface area contributed by atoms with Crippen LogP contribution in [0.5, 0.6) is 5.75 Å². The summed E-state index contributed by atoms with van der Waals surface area (Å²) in [6.45, 7) is 3.85. The molecule has 0 aliphatic rings. The van der Waals surface area contributed by atoms with E-state index in [1.165, 1.54) is 0 Å². The van der Waals surface area contributed by atoms with Crippen molar-refractivity contribution in [3.8, 4) is 17.1 Å². The van der Waals surface area contributed by atoms with E-state index >= 15 is 0 Å². The topological polar surface area (TPSA) is 48.9 Å². The number of aromatic nitrogens is 2. The normalized spacial score (nSPS) is 10.6. The molecular weight excluding hydrogens is 212 g/mol. The summed E-state index contributed by atoms with van der Waals surface area (Å²) in [7, 11) is 0. The average molecular weight is 223 g/mol. The zero-order valence-electron chi connectivity index (χ0n) is 8.50. The van der Waals surface area contributed by atoms with Gasteiger partial charge in [0.15, 0.2) is 0 Å². The molecular formula is C11H11ClN2O. The van der Waals surface area contributed by atoms with E-state index in [4.69, 9.17) is 11.6 Å². The first-order chi connectivity index (χ1) is 7.08. The lowest BCUT2D eigenvalue weighted by atomic mass is 10.2. The second-order valence-electron chi connectivity index (χ2n) is 3.46. The molecule has 1 aromatic heterocycles. The van der Waals surface area contributed by atoms with Gasteiger partial charge in [0.05, 0.1) is 11.3 Å². The number of hydrogen-bond donors (Lipinski definition) is 2. The molecule has 0 radical (unpaired) electrons. The minimum Gasteiger partial charge on any atom is -0.507 e. The summed E-state index contributed by atoms with van der Waals surface area (Å²) < 4.78 is 0. The Morgan fingerprint density at radius 2 is 2.07 bits per heavy atom. The van der Waals surface area contributed by atoms with Crippen LogP contribution < -0.4 is 0 Å². The van der Waals surface area contributed by atoms with Crippen LogP contribution in [-0.4, -0.2) is 15.1 Å². The van der Waals surface area contributed by atoms with Crippen LogP contribution >= 0.6 is 11.6 Å². The molecule has 78 valence electrons. The first kappa shape index (κ1) is 10.1. The number of aryl methyl sites for hydroxylation is 2. The number of H-pyrrole nitrogens is 1. The third-order valence-corrected chi connectivity index (χ3v) is 2.58. The lowest BCUT2D eigenvalue weighted by Crippen LogP contribution is -1.82. The number of hydrogen-bond acceptors (Lipinski definition) is 2. The highest BCUT2D eigenvalue weighted by Gasteiger charge is 2.09. The summed E-state index contributed by atoms with van der Waals surface area (Å²) in [5.74, 6) is 0.818. The monoisotopic (exact) mass is 222 g/mol. The van der Waals surface area contributed by atoms with E-state index in [1.54, 1.807) is 18.2 Å². The standard InChI is InChI=1S/C11H11ClN2O/c1-6-7(2)14-11(13-6)9-5-8(12)3-4-10(9)15/h3-5,15H,1-2H3,(H,13,14). The van der Waals surface area contributed by atoms with Gasteiger partial charge in [-0.15, -0.1) is 0 Å². The van der Waals surface area contributed by atoms with Crippen molar-refractivity contribution in [2.45, 2.75) is 13.8 Å². The van der Waals surface area contributed by atoms with E-state index in [0.29, 0.717) is 16.4 Å². The average Bonchev–Trinajstić information content (AvgIpc) is 2.51. The number of halogens is 1. The molecule has 0 saturated heterocycles. The van der Waals surface area contributed by atoms with Crippen LogP contribution in [0.2, 0.25) is 5.02 Å². The second kappa shape index (κ2) is 3.59. The Labute approximate surface area is 92.7 Å². The molecule has 15 heavy (non-hydrogen) atoms. The molecule has 2 aromatic rings. The van der Waals surface area contributed by atoms with Gasteiger partial charge in [-0.3, -0.25) is 0 Å². The van der Waals surface area contributed by atoms with E-state index in [-0.39, 0.29) is 5.75 Å². The summed E-state index contributed by atoms with van der Waals surface area (Å²) in [4.78, 5) is 7.41. The molecule has 0 amide bonds. The number of aromatic amines is 1. The van der Waals surface area contributed by atoms with Crippen molar-refractivity contribution in [2.24, 2.45) is 0 Å². The maximum absolute atomic E-state index is 9.67. The summed E-state index contributed by atoms with van der Waals surface area (Å²) in [5.41, 5.74) is 2.53. The Kier molecular flexibility index (Phi) is 2.40. The van der Waals surface area contributed by atoms with Gasteiger partial charge in [0.25, 0.3) is 0 Å². The predicted molar refractivity (Wildman–Crippen MR) is 60.2 cm³/mol. The molecule has 2 rings (SSSR count). The maximum Gasteiger partial charge on any atom is 0.141 e. The fraction of sp³-hybridized carbons (Fsp3) is 0.182. The van der Waals surface area contributed by atoms with E-state index in [0.717, 1.165) is 11.4 Å². The van der Waals surface area contributed by atoms with Crippen molar-refractivity contribution in [3.63, 3.8) is 0 Å². The molecule has 2 N–H and O–H groups in total. The van der Waals surface area contributed by atoms with E-state index in [2.05, 4.69) is 9.97 Å². The minimum atomic E-state index is 0.174. The Morgan fingerprint density at radius 3 is 2.67 bits per heavy atom. The van der Waals surface area contributed by atoms with Gasteiger partial charge < -0.3 is 10.1 Å². The number of imidazole rings is 1. The van der Waals surface area contributed by atoms with Crippen LogP contribution in [0.1, 0.15) is 11.4 Å². The van der Waals surface area contributed by atoms with Crippen molar-refractivity contribution in [2.75, 3.05) is 0 Å². The van der Waals surface area contributed by atoms with Gasteiger partial charge in [-0.1, -0.05) is 11.6 Å². The van der Waals surface area contributed by atoms with Crippen LogP contribution in [0.3, 0.4) is 0 Å². The van der Waals surface area contributed by atoms with E-state index in [1.807, 2.05) is 13.8 Å². The van der Waals surface area contributed by atoms with Gasteiger partial charge >= 0.3 is 0 Å². The highest BCUT2D eigenvalue weighted by atomic mass is 35.5. The van der Waals surface area contributed by atoms with Crippen molar-refractivity contribution < 1.29 is 5.11 Å². The number of benzene rings is 1. The van der Waals surface area contributed by atoms with Crippen LogP contribution in [0.4, 0.5) is 0 Å². The molecule has 0 bridgehead atoms. The summed E-state index contributed by atoms with van der Waals surface area (Å²) in [5, 5.41) is 10.2. The van der Waals surface area contributed by atoms with Crippen molar-refractivity contribution >= 4 is 11.6 Å². The number of phenols is 1. The van der Waals surface area contributed by atoms with Crippen LogP contribution in [-0.2, 0) is 0 Å². The summed E-state index contributed by atoms with van der Waals surface area (Å²) >= 11 is 5.86. The third-order valence-electron chi connectivity index (χ3n) is 2.34. The number of nitrogens with zero attached hydrogens (tertiary/aromatic N) is 1. The molecule has 0 aliphatic carbocycles. The van der Waals surface area contributed by atoms with Crippen LogP contribution in [0.25, 0.3) is 11.4 Å².